The van der Waals surface area contributed by atoms with Crippen LogP contribution in [0.25, 0.3) is 34.4 Å². The van der Waals surface area contributed by atoms with Gasteiger partial charge in [0.15, 0.2) is 0 Å². The molecular formula is C37H32Br2Hf. The summed E-state index contributed by atoms with van der Waals surface area (Å²) in [5, 5.41) is 0. The third-order valence-electron chi connectivity index (χ3n) is 10.5. The minimum atomic E-state index is -3.02. The van der Waals surface area contributed by atoms with Crippen LogP contribution >= 0.6 is 31.9 Å². The van der Waals surface area contributed by atoms with Crippen LogP contribution in [0.4, 0.5) is 0 Å². The van der Waals surface area contributed by atoms with Gasteiger partial charge in [-0.15, -0.1) is 0 Å². The van der Waals surface area contributed by atoms with Gasteiger partial charge in [0.2, 0.25) is 0 Å². The molecule has 1 heterocycles. The Balaban J connectivity index is 1.35. The van der Waals surface area contributed by atoms with Crippen molar-refractivity contribution in [2.75, 3.05) is 0 Å². The molecule has 8 rings (SSSR count). The first-order chi connectivity index (χ1) is 19.4. The van der Waals surface area contributed by atoms with Crippen molar-refractivity contribution in [3.8, 4) is 22.3 Å². The number of halogens is 2. The summed E-state index contributed by atoms with van der Waals surface area (Å²) in [4.78, 5) is 0. The Labute approximate surface area is 259 Å². The second-order valence-electron chi connectivity index (χ2n) is 12.8. The van der Waals surface area contributed by atoms with E-state index in [9.17, 15) is 0 Å². The van der Waals surface area contributed by atoms with Gasteiger partial charge < -0.3 is 0 Å². The van der Waals surface area contributed by atoms with E-state index in [1.807, 2.05) is 0 Å². The zero-order valence-electron chi connectivity index (χ0n) is 23.0. The molecule has 4 aliphatic rings. The number of allylic oxidation sites excluding steroid dienone is 2. The van der Waals surface area contributed by atoms with E-state index >= 15 is 0 Å². The van der Waals surface area contributed by atoms with Gasteiger partial charge in [-0.05, 0) is 0 Å². The second-order valence-corrected chi connectivity index (χ2v) is 31.9. The van der Waals surface area contributed by atoms with Gasteiger partial charge in [-0.25, -0.2) is 0 Å². The van der Waals surface area contributed by atoms with Gasteiger partial charge in [-0.1, -0.05) is 0 Å². The van der Waals surface area contributed by atoms with Crippen LogP contribution in [0.15, 0.2) is 105 Å². The molecule has 2 unspecified atom stereocenters. The average Bonchev–Trinajstić information content (AvgIpc) is 3.69. The van der Waals surface area contributed by atoms with Crippen molar-refractivity contribution in [2.24, 2.45) is 5.41 Å². The summed E-state index contributed by atoms with van der Waals surface area (Å²) in [6, 6.07) is 32.2. The predicted molar refractivity (Wildman–Crippen MR) is 173 cm³/mol. The van der Waals surface area contributed by atoms with Gasteiger partial charge in [-0.3, -0.25) is 0 Å². The van der Waals surface area contributed by atoms with Gasteiger partial charge >= 0.3 is 261 Å². The molecule has 1 saturated heterocycles. The van der Waals surface area contributed by atoms with Gasteiger partial charge in [0.05, 0.1) is 0 Å². The standard InChI is InChI=1S/C35H26Br2.2CH3.Hf/c36-29-13-9-23(10-14-29)31-7-3-5-25-19-27(21-33(25)31)35(17-1-2-18-35)28-20-26-6-4-8-32(34(26)22-28)24-11-15-30(37)16-12-24;;;/h3-16,19-22H,1-2,17-18H2;2*1H3;. The third kappa shape index (κ3) is 3.62. The fourth-order valence-electron chi connectivity index (χ4n) is 8.89. The molecule has 0 radical (unpaired) electrons. The molecule has 3 aliphatic carbocycles. The van der Waals surface area contributed by atoms with E-state index in [-0.39, 0.29) is 5.41 Å². The zero-order valence-corrected chi connectivity index (χ0v) is 29.7. The SMILES string of the molecule is [CH3][Hf]1([CH3])[CH]2C(=Cc3c(-c4ccc(Br)cc4)cccc32)C2(CCCC2)C2=Cc3c(-c4ccc(Br)cc4)cccc3[CH]21. The molecule has 4 aromatic rings. The molecular weight excluding hydrogens is 783 g/mol. The van der Waals surface area contributed by atoms with Crippen LogP contribution < -0.4 is 0 Å². The van der Waals surface area contributed by atoms with Crippen molar-refractivity contribution in [3.05, 3.63) is 127 Å². The number of fused-ring (bicyclic) bond motifs is 8. The molecule has 2 atom stereocenters. The summed E-state index contributed by atoms with van der Waals surface area (Å²) >= 11 is 4.25. The summed E-state index contributed by atoms with van der Waals surface area (Å²) in [5.74, 6) is 0. The van der Waals surface area contributed by atoms with Crippen LogP contribution in [0.5, 0.6) is 0 Å². The number of hydrogen-bond acceptors (Lipinski definition) is 0. The molecule has 3 heteroatoms. The average molecular weight is 815 g/mol. The molecule has 0 bridgehead atoms. The summed E-state index contributed by atoms with van der Waals surface area (Å²) in [6.45, 7) is 0. The van der Waals surface area contributed by atoms with E-state index in [0.717, 1.165) is 8.95 Å². The molecule has 0 N–H and O–H groups in total. The van der Waals surface area contributed by atoms with E-state index < -0.39 is 20.0 Å². The van der Waals surface area contributed by atoms with Crippen LogP contribution in [-0.2, 0) is 20.0 Å². The van der Waals surface area contributed by atoms with E-state index in [2.05, 4.69) is 138 Å². The minimum absolute atomic E-state index is 0.219. The van der Waals surface area contributed by atoms with Crippen molar-refractivity contribution in [1.82, 2.24) is 0 Å². The van der Waals surface area contributed by atoms with Crippen LogP contribution in [0.3, 0.4) is 0 Å². The topological polar surface area (TPSA) is 0 Å². The molecule has 0 amide bonds. The number of hydrogen-bond donors (Lipinski definition) is 0. The van der Waals surface area contributed by atoms with E-state index in [4.69, 9.17) is 0 Å². The zero-order chi connectivity index (χ0) is 27.2. The fraction of sp³-hybridized carbons (Fsp3) is 0.243. The first kappa shape index (κ1) is 25.9. The molecule has 198 valence electrons. The molecule has 2 fully saturated rings. The molecule has 4 aromatic carbocycles. The van der Waals surface area contributed by atoms with Crippen molar-refractivity contribution in [3.63, 3.8) is 0 Å². The molecule has 1 saturated carbocycles. The van der Waals surface area contributed by atoms with Crippen molar-refractivity contribution < 1.29 is 20.0 Å². The van der Waals surface area contributed by atoms with Gasteiger partial charge in [0.1, 0.15) is 0 Å². The molecule has 1 spiro atoms. The van der Waals surface area contributed by atoms with E-state index in [0.29, 0.717) is 7.35 Å². The molecule has 0 aromatic heterocycles. The van der Waals surface area contributed by atoms with Crippen LogP contribution in [0.1, 0.15) is 55.3 Å². The normalized spacial score (nSPS) is 22.8. The predicted octanol–water partition coefficient (Wildman–Crippen LogP) is 11.9. The third-order valence-corrected chi connectivity index (χ3v) is 26.7. The Morgan fingerprint density at radius 3 is 1.45 bits per heavy atom. The Morgan fingerprint density at radius 1 is 0.600 bits per heavy atom. The summed E-state index contributed by atoms with van der Waals surface area (Å²) in [6.07, 6.45) is 10.7. The molecule has 0 nitrogen and oxygen atoms in total. The second kappa shape index (κ2) is 9.35. The van der Waals surface area contributed by atoms with Crippen molar-refractivity contribution in [1.29, 1.82) is 0 Å². The van der Waals surface area contributed by atoms with Gasteiger partial charge in [-0.2, -0.15) is 0 Å². The summed E-state index contributed by atoms with van der Waals surface area (Å²) in [5.41, 5.74) is 15.5. The summed E-state index contributed by atoms with van der Waals surface area (Å²) < 4.78 is 9.13. The Morgan fingerprint density at radius 2 is 1.02 bits per heavy atom. The first-order valence-corrected chi connectivity index (χ1v) is 27.5. The van der Waals surface area contributed by atoms with Crippen LogP contribution in [0, 0.1) is 5.41 Å². The van der Waals surface area contributed by atoms with E-state index in [1.165, 1.54) is 59.1 Å². The number of benzene rings is 4. The van der Waals surface area contributed by atoms with E-state index in [1.54, 1.807) is 22.3 Å². The maximum atomic E-state index is 3.64. The first-order valence-electron chi connectivity index (χ1n) is 14.6. The Kier molecular flexibility index (Phi) is 6.04. The van der Waals surface area contributed by atoms with Gasteiger partial charge in [0, 0.05) is 0 Å². The van der Waals surface area contributed by atoms with Crippen molar-refractivity contribution in [2.45, 2.75) is 42.4 Å². The Bertz CT molecular complexity index is 1610. The molecule has 1 aliphatic heterocycles. The monoisotopic (exact) mass is 814 g/mol. The van der Waals surface area contributed by atoms with Crippen LogP contribution in [0.2, 0.25) is 9.36 Å². The van der Waals surface area contributed by atoms with Crippen LogP contribution in [-0.4, -0.2) is 0 Å². The number of rotatable bonds is 2. The van der Waals surface area contributed by atoms with Crippen molar-refractivity contribution >= 4 is 44.0 Å². The summed E-state index contributed by atoms with van der Waals surface area (Å²) in [7, 11) is 0. The van der Waals surface area contributed by atoms with Gasteiger partial charge in [0.25, 0.3) is 0 Å². The Hall–Kier alpha value is -1.81. The maximum absolute atomic E-state index is 3.64. The molecule has 40 heavy (non-hydrogen) atoms. The fourth-order valence-corrected chi connectivity index (χ4v) is 26.5. The quantitative estimate of drug-likeness (QED) is 0.177.